The fourth-order valence-electron chi connectivity index (χ4n) is 0.906. The molecular weight excluding hydrogens is 256 g/mol. The predicted molar refractivity (Wildman–Crippen MR) is 50.3 cm³/mol. The van der Waals surface area contributed by atoms with Gasteiger partial charge in [-0.1, -0.05) is 0 Å². The maximum Gasteiger partial charge on any atom is 0.355 e. The van der Waals surface area contributed by atoms with Crippen LogP contribution in [-0.4, -0.2) is 21.0 Å². The lowest BCUT2D eigenvalue weighted by Gasteiger charge is -2.00. The Hall–Kier alpha value is -1.50. The number of aromatic nitrogens is 1. The zero-order valence-corrected chi connectivity index (χ0v) is 8.61. The molecule has 0 atom stereocenters. The van der Waals surface area contributed by atoms with Crippen LogP contribution in [0.15, 0.2) is 10.5 Å². The number of carboxylic acids is 1. The van der Waals surface area contributed by atoms with Gasteiger partial charge in [0.1, 0.15) is 5.69 Å². The lowest BCUT2D eigenvalue weighted by Crippen LogP contribution is -2.05. The van der Waals surface area contributed by atoms with Gasteiger partial charge in [-0.3, -0.25) is 10.1 Å². The van der Waals surface area contributed by atoms with Crippen LogP contribution in [-0.2, 0) is 0 Å². The van der Waals surface area contributed by atoms with Crippen molar-refractivity contribution in [3.8, 4) is 0 Å². The molecule has 0 aliphatic heterocycles. The molecule has 74 valence electrons. The molecule has 0 unspecified atom stereocenters. The summed E-state index contributed by atoms with van der Waals surface area (Å²) in [6, 6.07) is 1.13. The van der Waals surface area contributed by atoms with Crippen molar-refractivity contribution in [2.45, 2.75) is 6.92 Å². The molecule has 1 N–H and O–H groups in total. The quantitative estimate of drug-likeness (QED) is 0.646. The van der Waals surface area contributed by atoms with E-state index in [4.69, 9.17) is 5.11 Å². The fourth-order valence-corrected chi connectivity index (χ4v) is 1.38. The normalized spacial score (nSPS) is 9.86. The molecule has 0 radical (unpaired) electrons. The van der Waals surface area contributed by atoms with Gasteiger partial charge in [0.05, 0.1) is 9.40 Å². The highest BCUT2D eigenvalue weighted by Gasteiger charge is 2.18. The smallest absolute Gasteiger partial charge is 0.355 e. The van der Waals surface area contributed by atoms with E-state index in [0.717, 1.165) is 6.07 Å². The van der Waals surface area contributed by atoms with Crippen LogP contribution in [0.2, 0.25) is 0 Å². The third kappa shape index (κ3) is 1.87. The Kier molecular flexibility index (Phi) is 2.80. The summed E-state index contributed by atoms with van der Waals surface area (Å²) in [4.78, 5) is 24.0. The lowest BCUT2D eigenvalue weighted by molar-refractivity contribution is -0.385. The first-order valence-corrected chi connectivity index (χ1v) is 4.27. The van der Waals surface area contributed by atoms with Crippen molar-refractivity contribution in [3.05, 3.63) is 32.0 Å². The maximum absolute atomic E-state index is 10.6. The Morgan fingerprint density at radius 2 is 2.29 bits per heavy atom. The number of halogens is 1. The van der Waals surface area contributed by atoms with Gasteiger partial charge in [-0.2, -0.15) is 0 Å². The number of aryl methyl sites for hydroxylation is 1. The van der Waals surface area contributed by atoms with Crippen LogP contribution in [0.4, 0.5) is 5.69 Å². The second kappa shape index (κ2) is 3.70. The molecule has 1 aromatic heterocycles. The second-order valence-corrected chi connectivity index (χ2v) is 3.34. The van der Waals surface area contributed by atoms with Crippen LogP contribution in [0.25, 0.3) is 0 Å². The maximum atomic E-state index is 10.6. The van der Waals surface area contributed by atoms with Gasteiger partial charge >= 0.3 is 5.97 Å². The highest BCUT2D eigenvalue weighted by Crippen LogP contribution is 2.23. The van der Waals surface area contributed by atoms with Crippen LogP contribution in [0, 0.1) is 17.0 Å². The molecule has 0 saturated heterocycles. The summed E-state index contributed by atoms with van der Waals surface area (Å²) in [7, 11) is 0. The number of pyridine rings is 1. The van der Waals surface area contributed by atoms with E-state index in [1.54, 1.807) is 0 Å². The van der Waals surface area contributed by atoms with Gasteiger partial charge in [-0.05, 0) is 22.9 Å². The third-order valence-electron chi connectivity index (χ3n) is 1.54. The fraction of sp³-hybridized carbons (Fsp3) is 0.143. The van der Waals surface area contributed by atoms with Gasteiger partial charge < -0.3 is 5.11 Å². The van der Waals surface area contributed by atoms with Crippen molar-refractivity contribution >= 4 is 27.6 Å². The second-order valence-electron chi connectivity index (χ2n) is 2.49. The summed E-state index contributed by atoms with van der Waals surface area (Å²) in [6.07, 6.45) is 0. The summed E-state index contributed by atoms with van der Waals surface area (Å²) < 4.78 is 0.0994. The Morgan fingerprint density at radius 3 is 2.71 bits per heavy atom. The van der Waals surface area contributed by atoms with E-state index in [1.165, 1.54) is 6.92 Å². The average Bonchev–Trinajstić information content (AvgIpc) is 2.07. The molecule has 0 aliphatic rings. The number of carbonyl (C=O) groups is 1. The molecule has 0 amide bonds. The first-order chi connectivity index (χ1) is 6.43. The van der Waals surface area contributed by atoms with E-state index in [0.29, 0.717) is 0 Å². The lowest BCUT2D eigenvalue weighted by atomic mass is 10.3. The van der Waals surface area contributed by atoms with Gasteiger partial charge in [-0.15, -0.1) is 0 Å². The number of carboxylic acid groups (broad SMARTS) is 1. The van der Waals surface area contributed by atoms with Crippen molar-refractivity contribution in [1.82, 2.24) is 4.98 Å². The van der Waals surface area contributed by atoms with Gasteiger partial charge in [0.2, 0.25) is 0 Å². The van der Waals surface area contributed by atoms with Crippen molar-refractivity contribution in [2.24, 2.45) is 0 Å². The summed E-state index contributed by atoms with van der Waals surface area (Å²) in [6.45, 7) is 1.39. The van der Waals surface area contributed by atoms with Crippen molar-refractivity contribution in [1.29, 1.82) is 0 Å². The summed E-state index contributed by atoms with van der Waals surface area (Å²) >= 11 is 2.90. The first kappa shape index (κ1) is 10.6. The van der Waals surface area contributed by atoms with Crippen LogP contribution < -0.4 is 0 Å². The number of aromatic carboxylic acids is 1. The highest BCUT2D eigenvalue weighted by molar-refractivity contribution is 9.10. The molecule has 6 nitrogen and oxygen atoms in total. The SMILES string of the molecule is Cc1nc(C(=O)O)c(Br)cc1[N+](=O)[O-]. The van der Waals surface area contributed by atoms with E-state index in [1.807, 2.05) is 0 Å². The summed E-state index contributed by atoms with van der Waals surface area (Å²) in [5.41, 5.74) is -0.356. The van der Waals surface area contributed by atoms with E-state index < -0.39 is 10.9 Å². The van der Waals surface area contributed by atoms with E-state index in [-0.39, 0.29) is 21.5 Å². The Labute approximate surface area is 86.9 Å². The van der Waals surface area contributed by atoms with E-state index in [9.17, 15) is 14.9 Å². The van der Waals surface area contributed by atoms with Crippen molar-refractivity contribution < 1.29 is 14.8 Å². The molecule has 0 saturated carbocycles. The molecule has 0 aliphatic carbocycles. The summed E-state index contributed by atoms with van der Waals surface area (Å²) in [5.74, 6) is -1.23. The summed E-state index contributed by atoms with van der Waals surface area (Å²) in [5, 5.41) is 19.1. The zero-order chi connectivity index (χ0) is 10.9. The number of rotatable bonds is 2. The molecule has 1 heterocycles. The Morgan fingerprint density at radius 1 is 1.71 bits per heavy atom. The van der Waals surface area contributed by atoms with Gasteiger partial charge in [0.25, 0.3) is 5.69 Å². The number of hydrogen-bond acceptors (Lipinski definition) is 4. The molecule has 0 bridgehead atoms. The standard InChI is InChI=1S/C7H5BrN2O4/c1-3-5(10(13)14)2-4(8)6(9-3)7(11)12/h2H,1H3,(H,11,12). The molecule has 1 rings (SSSR count). The molecular formula is C7H5BrN2O4. The average molecular weight is 261 g/mol. The Bertz CT molecular complexity index is 379. The molecule has 1 aromatic rings. The van der Waals surface area contributed by atoms with Crippen molar-refractivity contribution in [2.75, 3.05) is 0 Å². The van der Waals surface area contributed by atoms with Crippen LogP contribution in [0.1, 0.15) is 16.2 Å². The third-order valence-corrected chi connectivity index (χ3v) is 2.14. The van der Waals surface area contributed by atoms with Crippen LogP contribution in [0.5, 0.6) is 0 Å². The number of hydrogen-bond donors (Lipinski definition) is 1. The zero-order valence-electron chi connectivity index (χ0n) is 7.02. The van der Waals surface area contributed by atoms with Gasteiger partial charge in [0, 0.05) is 6.07 Å². The topological polar surface area (TPSA) is 93.3 Å². The largest absolute Gasteiger partial charge is 0.476 e. The minimum atomic E-state index is -1.23. The van der Waals surface area contributed by atoms with Crippen molar-refractivity contribution in [3.63, 3.8) is 0 Å². The molecule has 7 heteroatoms. The predicted octanol–water partition coefficient (Wildman–Crippen LogP) is 1.76. The molecule has 0 aromatic carbocycles. The van der Waals surface area contributed by atoms with E-state index >= 15 is 0 Å². The van der Waals surface area contributed by atoms with Gasteiger partial charge in [0.15, 0.2) is 5.69 Å². The van der Waals surface area contributed by atoms with Gasteiger partial charge in [-0.25, -0.2) is 9.78 Å². The minimum Gasteiger partial charge on any atom is -0.476 e. The number of nitrogens with zero attached hydrogens (tertiary/aromatic N) is 2. The van der Waals surface area contributed by atoms with Crippen LogP contribution in [0.3, 0.4) is 0 Å². The minimum absolute atomic E-state index is 0.0793. The highest BCUT2D eigenvalue weighted by atomic mass is 79.9. The first-order valence-electron chi connectivity index (χ1n) is 3.48. The monoisotopic (exact) mass is 260 g/mol. The number of nitro groups is 1. The Balaban J connectivity index is 3.38. The van der Waals surface area contributed by atoms with Crippen LogP contribution >= 0.6 is 15.9 Å². The molecule has 0 spiro atoms. The molecule has 0 fully saturated rings. The molecule has 14 heavy (non-hydrogen) atoms. The van der Waals surface area contributed by atoms with E-state index in [2.05, 4.69) is 20.9 Å².